The highest BCUT2D eigenvalue weighted by molar-refractivity contribution is 5.77. The summed E-state index contributed by atoms with van der Waals surface area (Å²) in [5.41, 5.74) is 5.66. The molecule has 0 bridgehead atoms. The maximum absolute atomic E-state index is 5.72. The molecular weight excluding hydrogens is 242 g/mol. The van der Waals surface area contributed by atoms with Crippen molar-refractivity contribution in [3.63, 3.8) is 0 Å². The molecule has 1 rings (SSSR count). The average Bonchev–Trinajstić information content (AvgIpc) is 2.43. The third kappa shape index (κ3) is 5.81. The topological polar surface area (TPSA) is 68.9 Å². The predicted octanol–water partition coefficient (Wildman–Crippen LogP) is 1.55. The first-order valence-electron chi connectivity index (χ1n) is 6.11. The van der Waals surface area contributed by atoms with Gasteiger partial charge in [-0.25, -0.2) is 4.99 Å². The fraction of sp³-hybridized carbons (Fsp3) is 0.357. The van der Waals surface area contributed by atoms with E-state index in [-0.39, 0.29) is 6.10 Å². The molecule has 104 valence electrons. The van der Waals surface area contributed by atoms with Crippen LogP contribution >= 0.6 is 0 Å². The van der Waals surface area contributed by atoms with Crippen LogP contribution in [0.2, 0.25) is 0 Å². The number of rotatable bonds is 7. The Morgan fingerprint density at radius 2 is 2.26 bits per heavy atom. The van der Waals surface area contributed by atoms with Crippen molar-refractivity contribution in [2.24, 2.45) is 10.7 Å². The number of guanidine groups is 1. The van der Waals surface area contributed by atoms with E-state index in [2.05, 4.69) is 16.9 Å². The van der Waals surface area contributed by atoms with Gasteiger partial charge in [0.15, 0.2) is 5.96 Å². The van der Waals surface area contributed by atoms with E-state index < -0.39 is 0 Å². The van der Waals surface area contributed by atoms with Crippen LogP contribution in [0, 0.1) is 0 Å². The van der Waals surface area contributed by atoms with E-state index in [0.29, 0.717) is 19.0 Å². The van der Waals surface area contributed by atoms with Crippen molar-refractivity contribution in [3.8, 4) is 11.5 Å². The molecule has 1 unspecified atom stereocenters. The molecule has 0 radical (unpaired) electrons. The van der Waals surface area contributed by atoms with Crippen molar-refractivity contribution < 1.29 is 9.47 Å². The molecule has 1 aromatic rings. The number of methoxy groups -OCH3 is 1. The molecule has 5 heteroatoms. The molecule has 0 spiro atoms. The van der Waals surface area contributed by atoms with Crippen molar-refractivity contribution in [2.75, 3.05) is 20.2 Å². The van der Waals surface area contributed by atoms with Gasteiger partial charge in [0, 0.05) is 12.6 Å². The molecule has 0 aromatic heterocycles. The lowest BCUT2D eigenvalue weighted by atomic mass is 10.3. The van der Waals surface area contributed by atoms with Crippen molar-refractivity contribution in [2.45, 2.75) is 13.0 Å². The molecule has 0 saturated heterocycles. The zero-order valence-corrected chi connectivity index (χ0v) is 11.4. The standard InChI is InChI=1S/C14H21N3O2/c1-4-8-16-14(15)17-10-11(2)19-13-7-5-6-12(9-13)18-3/h4-7,9,11H,1,8,10H2,2-3H3,(H3,15,16,17). The fourth-order valence-electron chi connectivity index (χ4n) is 1.40. The summed E-state index contributed by atoms with van der Waals surface area (Å²) in [6.07, 6.45) is 1.65. The second kappa shape index (κ2) is 8.02. The lowest BCUT2D eigenvalue weighted by Gasteiger charge is -2.13. The van der Waals surface area contributed by atoms with Crippen molar-refractivity contribution in [1.29, 1.82) is 0 Å². The third-order valence-electron chi connectivity index (χ3n) is 2.32. The zero-order chi connectivity index (χ0) is 14.1. The van der Waals surface area contributed by atoms with Gasteiger partial charge in [-0.2, -0.15) is 0 Å². The molecule has 0 saturated carbocycles. The van der Waals surface area contributed by atoms with Gasteiger partial charge in [0.1, 0.15) is 17.6 Å². The molecule has 0 aliphatic rings. The minimum atomic E-state index is -0.0730. The Labute approximate surface area is 114 Å². The molecule has 0 aliphatic carbocycles. The number of hydrogen-bond acceptors (Lipinski definition) is 3. The Bertz CT molecular complexity index is 432. The minimum absolute atomic E-state index is 0.0730. The molecule has 0 aliphatic heterocycles. The van der Waals surface area contributed by atoms with Crippen LogP contribution < -0.4 is 20.5 Å². The van der Waals surface area contributed by atoms with Crippen LogP contribution in [-0.4, -0.2) is 32.3 Å². The Kier molecular flexibility index (Phi) is 6.29. The maximum atomic E-state index is 5.72. The maximum Gasteiger partial charge on any atom is 0.188 e. The Hall–Kier alpha value is -2.17. The van der Waals surface area contributed by atoms with Gasteiger partial charge < -0.3 is 20.5 Å². The van der Waals surface area contributed by atoms with E-state index in [4.69, 9.17) is 15.2 Å². The zero-order valence-electron chi connectivity index (χ0n) is 11.4. The largest absolute Gasteiger partial charge is 0.497 e. The monoisotopic (exact) mass is 263 g/mol. The van der Waals surface area contributed by atoms with Gasteiger partial charge in [-0.05, 0) is 19.1 Å². The second-order valence-corrected chi connectivity index (χ2v) is 4.00. The number of nitrogens with two attached hydrogens (primary N) is 1. The van der Waals surface area contributed by atoms with Crippen molar-refractivity contribution in [3.05, 3.63) is 36.9 Å². The van der Waals surface area contributed by atoms with Crippen LogP contribution in [0.15, 0.2) is 41.9 Å². The van der Waals surface area contributed by atoms with Gasteiger partial charge in [0.05, 0.1) is 13.7 Å². The van der Waals surface area contributed by atoms with Crippen LogP contribution in [0.25, 0.3) is 0 Å². The SMILES string of the molecule is C=CCNC(N)=NCC(C)Oc1cccc(OC)c1. The third-order valence-corrected chi connectivity index (χ3v) is 2.32. The van der Waals surface area contributed by atoms with E-state index in [1.807, 2.05) is 31.2 Å². The molecule has 1 atom stereocenters. The first kappa shape index (κ1) is 14.9. The van der Waals surface area contributed by atoms with Gasteiger partial charge in [-0.15, -0.1) is 6.58 Å². The van der Waals surface area contributed by atoms with Crippen LogP contribution in [0.5, 0.6) is 11.5 Å². The molecule has 1 aromatic carbocycles. The molecule has 5 nitrogen and oxygen atoms in total. The summed E-state index contributed by atoms with van der Waals surface area (Å²) in [7, 11) is 1.62. The molecule has 0 fully saturated rings. The molecule has 0 amide bonds. The number of nitrogens with one attached hydrogen (secondary N) is 1. The Morgan fingerprint density at radius 3 is 2.95 bits per heavy atom. The number of benzene rings is 1. The van der Waals surface area contributed by atoms with E-state index in [0.717, 1.165) is 11.5 Å². The molecule has 3 N–H and O–H groups in total. The van der Waals surface area contributed by atoms with E-state index in [1.165, 1.54) is 0 Å². The van der Waals surface area contributed by atoms with Crippen molar-refractivity contribution >= 4 is 5.96 Å². The highest BCUT2D eigenvalue weighted by Crippen LogP contribution is 2.19. The fourth-order valence-corrected chi connectivity index (χ4v) is 1.40. The summed E-state index contributed by atoms with van der Waals surface area (Å²) in [4.78, 5) is 4.18. The number of ether oxygens (including phenoxy) is 2. The minimum Gasteiger partial charge on any atom is -0.497 e. The molecule has 19 heavy (non-hydrogen) atoms. The highest BCUT2D eigenvalue weighted by Gasteiger charge is 2.04. The van der Waals surface area contributed by atoms with E-state index >= 15 is 0 Å². The van der Waals surface area contributed by atoms with Gasteiger partial charge in [-0.3, -0.25) is 0 Å². The number of aliphatic imine (C=N–C) groups is 1. The Morgan fingerprint density at radius 1 is 1.53 bits per heavy atom. The summed E-state index contributed by atoms with van der Waals surface area (Å²) in [6.45, 7) is 6.60. The molecule has 0 heterocycles. The summed E-state index contributed by atoms with van der Waals surface area (Å²) in [5.74, 6) is 1.90. The summed E-state index contributed by atoms with van der Waals surface area (Å²) >= 11 is 0. The normalized spacial score (nSPS) is 12.6. The quantitative estimate of drug-likeness (QED) is 0.445. The number of hydrogen-bond donors (Lipinski definition) is 2. The summed E-state index contributed by atoms with van der Waals surface area (Å²) in [6, 6.07) is 7.46. The highest BCUT2D eigenvalue weighted by atomic mass is 16.5. The smallest absolute Gasteiger partial charge is 0.188 e. The van der Waals surface area contributed by atoms with Crippen molar-refractivity contribution in [1.82, 2.24) is 5.32 Å². The number of nitrogens with zero attached hydrogens (tertiary/aromatic N) is 1. The van der Waals surface area contributed by atoms with Crippen LogP contribution in [0.4, 0.5) is 0 Å². The second-order valence-electron chi connectivity index (χ2n) is 4.00. The van der Waals surface area contributed by atoms with E-state index in [9.17, 15) is 0 Å². The summed E-state index contributed by atoms with van der Waals surface area (Å²) < 4.78 is 10.9. The van der Waals surface area contributed by atoms with Crippen LogP contribution in [0.3, 0.4) is 0 Å². The van der Waals surface area contributed by atoms with Crippen LogP contribution in [-0.2, 0) is 0 Å². The first-order chi connectivity index (χ1) is 9.15. The molecular formula is C14H21N3O2. The van der Waals surface area contributed by atoms with Crippen LogP contribution in [0.1, 0.15) is 6.92 Å². The van der Waals surface area contributed by atoms with Gasteiger partial charge in [-0.1, -0.05) is 12.1 Å². The first-order valence-corrected chi connectivity index (χ1v) is 6.11. The van der Waals surface area contributed by atoms with Gasteiger partial charge in [0.2, 0.25) is 0 Å². The summed E-state index contributed by atoms with van der Waals surface area (Å²) in [5, 5.41) is 2.90. The predicted molar refractivity (Wildman–Crippen MR) is 77.8 cm³/mol. The van der Waals surface area contributed by atoms with Gasteiger partial charge in [0.25, 0.3) is 0 Å². The lowest BCUT2D eigenvalue weighted by Crippen LogP contribution is -2.32. The lowest BCUT2D eigenvalue weighted by molar-refractivity contribution is 0.229. The Balaban J connectivity index is 2.45. The van der Waals surface area contributed by atoms with E-state index in [1.54, 1.807) is 13.2 Å². The van der Waals surface area contributed by atoms with Gasteiger partial charge >= 0.3 is 0 Å². The average molecular weight is 263 g/mol.